The molecule has 0 amide bonds. The summed E-state index contributed by atoms with van der Waals surface area (Å²) in [5.74, 6) is 0.0179. The highest BCUT2D eigenvalue weighted by Gasteiger charge is 2.30. The fraction of sp³-hybridized carbons (Fsp3) is 0.200. The molecular weight excluding hydrogens is 224 g/mol. The van der Waals surface area contributed by atoms with E-state index in [1.165, 1.54) is 0 Å². The third kappa shape index (κ3) is 1.78. The number of benzene rings is 1. The maximum absolute atomic E-state index is 12.4. The quantitative estimate of drug-likeness (QED) is 0.753. The fourth-order valence-electron chi connectivity index (χ4n) is 2.28. The standard InChI is InChI=1S/C15H13N2O/c1-10-5-4-8-16-14(10)15(18)13-9-11-6-2-3-7-12(11)17-13/h2-8,13H,9H2,1H3. The minimum Gasteiger partial charge on any atom is -0.290 e. The molecule has 1 aliphatic heterocycles. The van der Waals surface area contributed by atoms with Gasteiger partial charge in [0, 0.05) is 12.6 Å². The van der Waals surface area contributed by atoms with Crippen molar-refractivity contribution in [3.05, 3.63) is 59.4 Å². The van der Waals surface area contributed by atoms with Gasteiger partial charge in [-0.15, -0.1) is 0 Å². The Morgan fingerprint density at radius 3 is 2.83 bits per heavy atom. The monoisotopic (exact) mass is 237 g/mol. The van der Waals surface area contributed by atoms with E-state index in [2.05, 4.69) is 10.3 Å². The van der Waals surface area contributed by atoms with Crippen LogP contribution >= 0.6 is 0 Å². The van der Waals surface area contributed by atoms with Crippen LogP contribution in [0.1, 0.15) is 21.6 Å². The highest BCUT2D eigenvalue weighted by molar-refractivity contribution is 6.00. The lowest BCUT2D eigenvalue weighted by molar-refractivity contribution is 0.0948. The molecule has 0 aliphatic carbocycles. The molecule has 2 aromatic rings. The summed E-state index contributed by atoms with van der Waals surface area (Å²) in [5, 5.41) is 4.48. The summed E-state index contributed by atoms with van der Waals surface area (Å²) in [6, 6.07) is 11.3. The second kappa shape index (κ2) is 4.26. The maximum atomic E-state index is 12.4. The van der Waals surface area contributed by atoms with Gasteiger partial charge < -0.3 is 0 Å². The second-order valence-electron chi connectivity index (χ2n) is 4.51. The number of hydrogen-bond donors (Lipinski definition) is 0. The zero-order chi connectivity index (χ0) is 12.5. The van der Waals surface area contributed by atoms with E-state index in [4.69, 9.17) is 0 Å². The summed E-state index contributed by atoms with van der Waals surface area (Å²) in [4.78, 5) is 16.6. The van der Waals surface area contributed by atoms with Crippen molar-refractivity contribution >= 4 is 11.5 Å². The van der Waals surface area contributed by atoms with Gasteiger partial charge in [-0.1, -0.05) is 24.3 Å². The molecule has 0 N–H and O–H groups in total. The number of rotatable bonds is 2. The Hall–Kier alpha value is -2.16. The summed E-state index contributed by atoms with van der Waals surface area (Å²) in [5.41, 5.74) is 3.53. The number of Topliss-reactive ketones (excluding diaryl/α,β-unsaturated/α-hetero) is 1. The first kappa shape index (κ1) is 11.0. The number of carbonyl (C=O) groups is 1. The van der Waals surface area contributed by atoms with Crippen LogP contribution < -0.4 is 5.32 Å². The van der Waals surface area contributed by atoms with Crippen LogP contribution in [0.3, 0.4) is 0 Å². The molecule has 3 rings (SSSR count). The molecule has 3 heteroatoms. The molecule has 1 aromatic carbocycles. The average Bonchev–Trinajstić information content (AvgIpc) is 2.82. The van der Waals surface area contributed by atoms with Crippen LogP contribution in [-0.2, 0) is 6.42 Å². The van der Waals surface area contributed by atoms with Gasteiger partial charge in [0.25, 0.3) is 0 Å². The van der Waals surface area contributed by atoms with Crippen molar-refractivity contribution in [2.75, 3.05) is 0 Å². The van der Waals surface area contributed by atoms with Crippen molar-refractivity contribution in [3.63, 3.8) is 0 Å². The summed E-state index contributed by atoms with van der Waals surface area (Å²) in [6.07, 6.45) is 2.34. The van der Waals surface area contributed by atoms with Crippen LogP contribution in [0.25, 0.3) is 0 Å². The van der Waals surface area contributed by atoms with Crippen LogP contribution in [0.4, 0.5) is 5.69 Å². The van der Waals surface area contributed by atoms with E-state index in [0.29, 0.717) is 12.1 Å². The van der Waals surface area contributed by atoms with Gasteiger partial charge in [0.15, 0.2) is 0 Å². The zero-order valence-electron chi connectivity index (χ0n) is 10.1. The first-order valence-electron chi connectivity index (χ1n) is 6.00. The van der Waals surface area contributed by atoms with Crippen molar-refractivity contribution in [2.45, 2.75) is 19.4 Å². The smallest absolute Gasteiger partial charge is 0.206 e. The van der Waals surface area contributed by atoms with Gasteiger partial charge in [-0.3, -0.25) is 15.1 Å². The van der Waals surface area contributed by atoms with E-state index in [1.807, 2.05) is 43.3 Å². The Morgan fingerprint density at radius 1 is 1.22 bits per heavy atom. The molecule has 0 fully saturated rings. The number of carbonyl (C=O) groups excluding carboxylic acids is 1. The molecule has 89 valence electrons. The third-order valence-corrected chi connectivity index (χ3v) is 3.25. The number of aryl methyl sites for hydroxylation is 1. The van der Waals surface area contributed by atoms with Crippen LogP contribution in [0.5, 0.6) is 0 Å². The molecule has 0 saturated heterocycles. The topological polar surface area (TPSA) is 44.1 Å². The molecule has 1 atom stereocenters. The minimum atomic E-state index is -0.309. The lowest BCUT2D eigenvalue weighted by Crippen LogP contribution is -2.27. The van der Waals surface area contributed by atoms with Gasteiger partial charge in [-0.2, -0.15) is 0 Å². The molecule has 3 nitrogen and oxygen atoms in total. The average molecular weight is 237 g/mol. The van der Waals surface area contributed by atoms with Gasteiger partial charge in [0.1, 0.15) is 11.7 Å². The molecule has 18 heavy (non-hydrogen) atoms. The largest absolute Gasteiger partial charge is 0.290 e. The van der Waals surface area contributed by atoms with Gasteiger partial charge >= 0.3 is 0 Å². The number of hydrogen-bond acceptors (Lipinski definition) is 2. The van der Waals surface area contributed by atoms with Crippen molar-refractivity contribution < 1.29 is 4.79 Å². The summed E-state index contributed by atoms with van der Waals surface area (Å²) >= 11 is 0. The normalized spacial score (nSPS) is 17.1. The highest BCUT2D eigenvalue weighted by atomic mass is 16.1. The Balaban J connectivity index is 1.87. The van der Waals surface area contributed by atoms with E-state index in [-0.39, 0.29) is 11.8 Å². The predicted octanol–water partition coefficient (Wildman–Crippen LogP) is 2.43. The number of fused-ring (bicyclic) bond motifs is 1. The van der Waals surface area contributed by atoms with Gasteiger partial charge in [0.2, 0.25) is 5.78 Å². The number of para-hydroxylation sites is 1. The van der Waals surface area contributed by atoms with Crippen molar-refractivity contribution in [1.29, 1.82) is 0 Å². The van der Waals surface area contributed by atoms with Gasteiger partial charge in [-0.25, -0.2) is 0 Å². The highest BCUT2D eigenvalue weighted by Crippen LogP contribution is 2.27. The Kier molecular flexibility index (Phi) is 2.59. The molecular formula is C15H13N2O. The lowest BCUT2D eigenvalue weighted by Gasteiger charge is -2.08. The Bertz CT molecular complexity index is 582. The van der Waals surface area contributed by atoms with E-state index < -0.39 is 0 Å². The molecule has 0 spiro atoms. The molecule has 1 unspecified atom stereocenters. The summed E-state index contributed by atoms with van der Waals surface area (Å²) in [6.45, 7) is 1.91. The minimum absolute atomic E-state index is 0.0179. The van der Waals surface area contributed by atoms with E-state index in [1.54, 1.807) is 6.20 Å². The predicted molar refractivity (Wildman–Crippen MR) is 69.0 cm³/mol. The van der Waals surface area contributed by atoms with Crippen molar-refractivity contribution in [2.24, 2.45) is 0 Å². The lowest BCUT2D eigenvalue weighted by atomic mass is 10.0. The molecule has 0 saturated carbocycles. The van der Waals surface area contributed by atoms with E-state index >= 15 is 0 Å². The molecule has 1 aromatic heterocycles. The van der Waals surface area contributed by atoms with Crippen LogP contribution in [0.2, 0.25) is 0 Å². The fourth-order valence-corrected chi connectivity index (χ4v) is 2.28. The maximum Gasteiger partial charge on any atom is 0.206 e. The summed E-state index contributed by atoms with van der Waals surface area (Å²) in [7, 11) is 0. The van der Waals surface area contributed by atoms with E-state index in [0.717, 1.165) is 16.8 Å². The SMILES string of the molecule is Cc1cccnc1C(=O)C1Cc2ccccc2[N]1. The first-order chi connectivity index (χ1) is 8.75. The molecule has 1 radical (unpaired) electrons. The van der Waals surface area contributed by atoms with Gasteiger partial charge in [-0.05, 0) is 30.2 Å². The Labute approximate surface area is 106 Å². The molecule has 2 heterocycles. The van der Waals surface area contributed by atoms with E-state index in [9.17, 15) is 4.79 Å². The second-order valence-corrected chi connectivity index (χ2v) is 4.51. The molecule has 1 aliphatic rings. The summed E-state index contributed by atoms with van der Waals surface area (Å²) < 4.78 is 0. The van der Waals surface area contributed by atoms with Crippen LogP contribution in [0.15, 0.2) is 42.6 Å². The number of nitrogens with zero attached hydrogens (tertiary/aromatic N) is 2. The third-order valence-electron chi connectivity index (χ3n) is 3.25. The van der Waals surface area contributed by atoms with Crippen molar-refractivity contribution in [3.8, 4) is 0 Å². The first-order valence-corrected chi connectivity index (χ1v) is 6.00. The van der Waals surface area contributed by atoms with Gasteiger partial charge in [0.05, 0.1) is 5.69 Å². The van der Waals surface area contributed by atoms with Crippen LogP contribution in [-0.4, -0.2) is 16.8 Å². The van der Waals surface area contributed by atoms with Crippen LogP contribution in [0, 0.1) is 6.92 Å². The molecule has 0 bridgehead atoms. The zero-order valence-corrected chi connectivity index (χ0v) is 10.1. The number of ketones is 1. The number of aromatic nitrogens is 1. The number of pyridine rings is 1. The Morgan fingerprint density at radius 2 is 2.06 bits per heavy atom. The van der Waals surface area contributed by atoms with Crippen molar-refractivity contribution in [1.82, 2.24) is 10.3 Å².